The number of carbonyl (C=O) groups excluding carboxylic acids is 2. The summed E-state index contributed by atoms with van der Waals surface area (Å²) in [5, 5.41) is 11.7. The van der Waals surface area contributed by atoms with E-state index in [1.807, 2.05) is 32.0 Å². The molecule has 5 nitrogen and oxygen atoms in total. The van der Waals surface area contributed by atoms with Gasteiger partial charge < -0.3 is 10.1 Å². The number of aryl methyl sites for hydroxylation is 2. The lowest BCUT2D eigenvalue weighted by atomic mass is 10.1. The van der Waals surface area contributed by atoms with Gasteiger partial charge in [0.1, 0.15) is 12.4 Å². The summed E-state index contributed by atoms with van der Waals surface area (Å²) in [6.45, 7) is 3.50. The highest BCUT2D eigenvalue weighted by Crippen LogP contribution is 2.14. The number of rotatable bonds is 6. The number of Topliss-reactive ketones (excluding diaryl/α,β-unsaturated/α-hetero) is 1. The van der Waals surface area contributed by atoms with E-state index in [4.69, 9.17) is 10.00 Å². The van der Waals surface area contributed by atoms with Crippen LogP contribution in [0, 0.1) is 31.1 Å². The van der Waals surface area contributed by atoms with Crippen molar-refractivity contribution in [2.24, 2.45) is 5.92 Å². The largest absolute Gasteiger partial charge is 0.486 e. The first-order chi connectivity index (χ1) is 11.5. The summed E-state index contributed by atoms with van der Waals surface area (Å²) in [6, 6.07) is 16.1. The van der Waals surface area contributed by atoms with Gasteiger partial charge in [0.15, 0.2) is 11.7 Å². The highest BCUT2D eigenvalue weighted by molar-refractivity contribution is 6.09. The van der Waals surface area contributed by atoms with Crippen molar-refractivity contribution in [2.45, 2.75) is 13.8 Å². The zero-order valence-corrected chi connectivity index (χ0v) is 13.6. The number of nitrogens with zero attached hydrogens (tertiary/aromatic N) is 1. The average molecular weight is 322 g/mol. The molecule has 122 valence electrons. The van der Waals surface area contributed by atoms with Gasteiger partial charge in [-0.05, 0) is 43.7 Å². The van der Waals surface area contributed by atoms with Crippen molar-refractivity contribution in [3.05, 3.63) is 59.7 Å². The minimum absolute atomic E-state index is 0.331. The van der Waals surface area contributed by atoms with Gasteiger partial charge in [-0.2, -0.15) is 5.26 Å². The zero-order chi connectivity index (χ0) is 17.5. The van der Waals surface area contributed by atoms with E-state index >= 15 is 0 Å². The number of benzene rings is 2. The van der Waals surface area contributed by atoms with Crippen molar-refractivity contribution in [2.75, 3.05) is 11.9 Å². The van der Waals surface area contributed by atoms with E-state index in [0.717, 1.165) is 11.1 Å². The third-order valence-electron chi connectivity index (χ3n) is 3.40. The lowest BCUT2D eigenvalue weighted by Gasteiger charge is -2.11. The lowest BCUT2D eigenvalue weighted by molar-refractivity contribution is -0.130. The van der Waals surface area contributed by atoms with E-state index in [0.29, 0.717) is 11.4 Å². The second-order valence-corrected chi connectivity index (χ2v) is 5.49. The van der Waals surface area contributed by atoms with Crippen molar-refractivity contribution in [1.29, 1.82) is 5.26 Å². The molecule has 1 atom stereocenters. The first-order valence-electron chi connectivity index (χ1n) is 7.49. The Balaban J connectivity index is 1.96. The molecule has 2 aromatic rings. The van der Waals surface area contributed by atoms with Crippen LogP contribution in [0.15, 0.2) is 48.5 Å². The van der Waals surface area contributed by atoms with Crippen molar-refractivity contribution in [1.82, 2.24) is 0 Å². The van der Waals surface area contributed by atoms with Crippen LogP contribution in [0.2, 0.25) is 0 Å². The summed E-state index contributed by atoms with van der Waals surface area (Å²) in [7, 11) is 0. The molecule has 0 bridgehead atoms. The molecule has 0 radical (unpaired) electrons. The van der Waals surface area contributed by atoms with Crippen LogP contribution in [0.1, 0.15) is 11.1 Å². The fourth-order valence-electron chi connectivity index (χ4n) is 2.09. The Kier molecular flexibility index (Phi) is 5.69. The zero-order valence-electron chi connectivity index (χ0n) is 13.6. The van der Waals surface area contributed by atoms with Gasteiger partial charge in [0.25, 0.3) is 0 Å². The molecule has 0 unspecified atom stereocenters. The fraction of sp³-hybridized carbons (Fsp3) is 0.211. The lowest BCUT2D eigenvalue weighted by Crippen LogP contribution is -2.31. The van der Waals surface area contributed by atoms with Crippen LogP contribution in [-0.4, -0.2) is 18.3 Å². The molecule has 0 saturated heterocycles. The first-order valence-corrected chi connectivity index (χ1v) is 7.49. The summed E-state index contributed by atoms with van der Waals surface area (Å²) in [5.41, 5.74) is 2.59. The highest BCUT2D eigenvalue weighted by Gasteiger charge is 2.26. The maximum Gasteiger partial charge on any atom is 0.249 e. The van der Waals surface area contributed by atoms with E-state index in [9.17, 15) is 9.59 Å². The maximum absolute atomic E-state index is 12.1. The minimum atomic E-state index is -1.41. The van der Waals surface area contributed by atoms with Gasteiger partial charge in [0.05, 0.1) is 6.07 Å². The van der Waals surface area contributed by atoms with Gasteiger partial charge in [0.2, 0.25) is 5.91 Å². The van der Waals surface area contributed by atoms with Crippen LogP contribution in [-0.2, 0) is 9.59 Å². The number of ketones is 1. The van der Waals surface area contributed by atoms with Crippen LogP contribution in [0.5, 0.6) is 5.75 Å². The van der Waals surface area contributed by atoms with E-state index in [1.165, 1.54) is 0 Å². The Hall–Kier alpha value is -3.13. The van der Waals surface area contributed by atoms with Crippen LogP contribution in [0.3, 0.4) is 0 Å². The van der Waals surface area contributed by atoms with Crippen LogP contribution < -0.4 is 10.1 Å². The van der Waals surface area contributed by atoms with Crippen molar-refractivity contribution >= 4 is 17.4 Å². The number of nitriles is 1. The predicted molar refractivity (Wildman–Crippen MR) is 90.6 cm³/mol. The summed E-state index contributed by atoms with van der Waals surface area (Å²) < 4.78 is 5.34. The SMILES string of the molecule is Cc1ccc(OCC(=O)[C@H](C#N)C(=O)Nc2cccc(C)c2)cc1. The molecule has 0 spiro atoms. The Morgan fingerprint density at radius 2 is 1.83 bits per heavy atom. The fourth-order valence-corrected chi connectivity index (χ4v) is 2.09. The standard InChI is InChI=1S/C19H18N2O3/c1-13-6-8-16(9-7-13)24-12-18(22)17(11-20)19(23)21-15-5-3-4-14(2)10-15/h3-10,17H,12H2,1-2H3,(H,21,23)/t17-/m0/s1. The Labute approximate surface area is 140 Å². The molecule has 0 aliphatic heterocycles. The molecule has 0 saturated carbocycles. The molecule has 0 aromatic heterocycles. The number of hydrogen-bond acceptors (Lipinski definition) is 4. The number of ether oxygens (including phenoxy) is 1. The molecule has 5 heteroatoms. The molecule has 0 aliphatic carbocycles. The predicted octanol–water partition coefficient (Wildman–Crippen LogP) is 3.03. The van der Waals surface area contributed by atoms with Crippen molar-refractivity contribution in [3.63, 3.8) is 0 Å². The highest BCUT2D eigenvalue weighted by atomic mass is 16.5. The van der Waals surface area contributed by atoms with Gasteiger partial charge in [-0.1, -0.05) is 29.8 Å². The Bertz CT molecular complexity index is 776. The van der Waals surface area contributed by atoms with E-state index in [1.54, 1.807) is 36.4 Å². The maximum atomic E-state index is 12.1. The number of carbonyl (C=O) groups is 2. The second kappa shape index (κ2) is 7.93. The van der Waals surface area contributed by atoms with E-state index in [2.05, 4.69) is 5.32 Å². The van der Waals surface area contributed by atoms with Crippen LogP contribution in [0.4, 0.5) is 5.69 Å². The van der Waals surface area contributed by atoms with Gasteiger partial charge in [0, 0.05) is 5.69 Å². The van der Waals surface area contributed by atoms with Crippen LogP contribution >= 0.6 is 0 Å². The number of amides is 1. The minimum Gasteiger partial charge on any atom is -0.486 e. The first kappa shape index (κ1) is 17.2. The molecule has 1 amide bonds. The summed E-state index contributed by atoms with van der Waals surface area (Å²) in [5.74, 6) is -2.12. The molecule has 2 aromatic carbocycles. The Morgan fingerprint density at radius 3 is 2.46 bits per heavy atom. The number of anilines is 1. The molecule has 0 fully saturated rings. The smallest absolute Gasteiger partial charge is 0.249 e. The monoisotopic (exact) mass is 322 g/mol. The average Bonchev–Trinajstić information content (AvgIpc) is 2.55. The van der Waals surface area contributed by atoms with Gasteiger partial charge in [-0.3, -0.25) is 9.59 Å². The summed E-state index contributed by atoms with van der Waals surface area (Å²) in [6.07, 6.45) is 0. The van der Waals surface area contributed by atoms with Gasteiger partial charge >= 0.3 is 0 Å². The molecule has 1 N–H and O–H groups in total. The van der Waals surface area contributed by atoms with Gasteiger partial charge in [-0.15, -0.1) is 0 Å². The molecule has 0 heterocycles. The second-order valence-electron chi connectivity index (χ2n) is 5.49. The van der Waals surface area contributed by atoms with Crippen molar-refractivity contribution < 1.29 is 14.3 Å². The van der Waals surface area contributed by atoms with Crippen LogP contribution in [0.25, 0.3) is 0 Å². The molecular weight excluding hydrogens is 304 g/mol. The summed E-state index contributed by atoms with van der Waals surface area (Å²) >= 11 is 0. The van der Waals surface area contributed by atoms with Gasteiger partial charge in [-0.25, -0.2) is 0 Å². The quantitative estimate of drug-likeness (QED) is 0.829. The number of nitrogens with one attached hydrogen (secondary N) is 1. The normalized spacial score (nSPS) is 11.2. The molecular formula is C19H18N2O3. The number of hydrogen-bond donors (Lipinski definition) is 1. The summed E-state index contributed by atoms with van der Waals surface area (Å²) in [4.78, 5) is 24.2. The Morgan fingerprint density at radius 1 is 1.12 bits per heavy atom. The van der Waals surface area contributed by atoms with E-state index in [-0.39, 0.29) is 6.61 Å². The van der Waals surface area contributed by atoms with E-state index < -0.39 is 17.6 Å². The third-order valence-corrected chi connectivity index (χ3v) is 3.40. The third kappa shape index (κ3) is 4.68. The molecule has 2 rings (SSSR count). The molecule has 24 heavy (non-hydrogen) atoms. The van der Waals surface area contributed by atoms with Crippen molar-refractivity contribution in [3.8, 4) is 11.8 Å². The topological polar surface area (TPSA) is 79.2 Å². The molecule has 0 aliphatic rings.